The van der Waals surface area contributed by atoms with E-state index < -0.39 is 38.3 Å². The summed E-state index contributed by atoms with van der Waals surface area (Å²) in [5.41, 5.74) is -0.383. The number of nitrogens with zero attached hydrogens (tertiary/aromatic N) is 1. The number of amides is 2. The normalized spacial score (nSPS) is 15.7. The van der Waals surface area contributed by atoms with Crippen LogP contribution in [0.4, 0.5) is 0 Å². The predicted octanol–water partition coefficient (Wildman–Crippen LogP) is 0.558. The zero-order valence-electron chi connectivity index (χ0n) is 14.8. The lowest BCUT2D eigenvalue weighted by molar-refractivity contribution is -0.118. The van der Waals surface area contributed by atoms with Gasteiger partial charge in [-0.05, 0) is 25.0 Å². The zero-order chi connectivity index (χ0) is 19.6. The summed E-state index contributed by atoms with van der Waals surface area (Å²) >= 11 is 0. The summed E-state index contributed by atoms with van der Waals surface area (Å²) in [4.78, 5) is 37.7. The Balaban J connectivity index is 1.73. The average Bonchev–Trinajstić information content (AvgIpc) is 2.66. The van der Waals surface area contributed by atoms with E-state index in [0.29, 0.717) is 11.0 Å². The Kier molecular flexibility index (Phi) is 5.31. The molecule has 9 heteroatoms. The van der Waals surface area contributed by atoms with Crippen LogP contribution in [-0.4, -0.2) is 56.3 Å². The minimum atomic E-state index is -3.58. The number of sulfone groups is 1. The summed E-state index contributed by atoms with van der Waals surface area (Å²) in [7, 11) is -2.19. The number of para-hydroxylation sites is 1. The molecular formula is C18H20N2O6S. The molecule has 2 heterocycles. The Labute approximate surface area is 156 Å². The van der Waals surface area contributed by atoms with Gasteiger partial charge in [-0.3, -0.25) is 9.59 Å². The third kappa shape index (κ3) is 4.02. The number of carbonyl (C=O) groups is 2. The summed E-state index contributed by atoms with van der Waals surface area (Å²) in [6.45, 7) is 0.394. The first-order valence-corrected chi connectivity index (χ1v) is 10.3. The number of benzene rings is 1. The van der Waals surface area contributed by atoms with Crippen molar-refractivity contribution in [3.63, 3.8) is 0 Å². The van der Waals surface area contributed by atoms with Crippen LogP contribution in [0.25, 0.3) is 11.0 Å². The Morgan fingerprint density at radius 3 is 2.56 bits per heavy atom. The molecule has 1 fully saturated rings. The van der Waals surface area contributed by atoms with E-state index in [0.717, 1.165) is 0 Å². The van der Waals surface area contributed by atoms with Crippen LogP contribution in [0.1, 0.15) is 23.2 Å². The van der Waals surface area contributed by atoms with Crippen molar-refractivity contribution in [2.75, 3.05) is 25.9 Å². The molecule has 2 aromatic rings. The highest BCUT2D eigenvalue weighted by Crippen LogP contribution is 2.21. The summed E-state index contributed by atoms with van der Waals surface area (Å²) < 4.78 is 29.7. The maximum atomic E-state index is 12.7. The highest BCUT2D eigenvalue weighted by Gasteiger charge is 2.33. The fraction of sp³-hybridized carbons (Fsp3) is 0.389. The quantitative estimate of drug-likeness (QED) is 0.761. The second-order valence-electron chi connectivity index (χ2n) is 6.46. The van der Waals surface area contributed by atoms with Gasteiger partial charge in [0.25, 0.3) is 5.91 Å². The lowest BCUT2D eigenvalue weighted by Gasteiger charge is -2.31. The summed E-state index contributed by atoms with van der Waals surface area (Å²) in [5, 5.41) is 2.27. The molecule has 1 saturated heterocycles. The van der Waals surface area contributed by atoms with Gasteiger partial charge < -0.3 is 14.6 Å². The molecule has 0 unspecified atom stereocenters. The van der Waals surface area contributed by atoms with Crippen LogP contribution in [0.3, 0.4) is 0 Å². The maximum Gasteiger partial charge on any atom is 0.349 e. The predicted molar refractivity (Wildman–Crippen MR) is 99.3 cm³/mol. The van der Waals surface area contributed by atoms with Gasteiger partial charge in [-0.1, -0.05) is 18.2 Å². The Morgan fingerprint density at radius 2 is 1.89 bits per heavy atom. The number of piperidine rings is 1. The molecule has 1 aliphatic rings. The van der Waals surface area contributed by atoms with E-state index in [1.54, 1.807) is 24.3 Å². The van der Waals surface area contributed by atoms with Crippen molar-refractivity contribution >= 4 is 32.6 Å². The van der Waals surface area contributed by atoms with Crippen molar-refractivity contribution in [3.05, 3.63) is 46.3 Å². The summed E-state index contributed by atoms with van der Waals surface area (Å²) in [5.74, 6) is -1.59. The van der Waals surface area contributed by atoms with Crippen LogP contribution in [0.2, 0.25) is 0 Å². The van der Waals surface area contributed by atoms with Crippen molar-refractivity contribution in [1.29, 1.82) is 0 Å². The zero-order valence-corrected chi connectivity index (χ0v) is 15.6. The van der Waals surface area contributed by atoms with Crippen molar-refractivity contribution in [1.82, 2.24) is 10.2 Å². The topological polar surface area (TPSA) is 114 Å². The van der Waals surface area contributed by atoms with E-state index in [1.165, 1.54) is 18.0 Å². The second-order valence-corrected chi connectivity index (χ2v) is 8.74. The molecule has 3 rings (SSSR count). The number of rotatable bonds is 4. The van der Waals surface area contributed by atoms with Crippen molar-refractivity contribution in [3.8, 4) is 0 Å². The van der Waals surface area contributed by atoms with Crippen molar-refractivity contribution in [2.24, 2.45) is 0 Å². The van der Waals surface area contributed by atoms with Gasteiger partial charge in [-0.25, -0.2) is 13.2 Å². The standard InChI is InChI=1S/C18H20N2O6S/c1-19-16(21)11-27(24,25)13-6-8-20(9-7-13)17(22)14-10-12-4-2-3-5-15(12)26-18(14)23/h2-5,10,13H,6-9,11H2,1H3,(H,19,21). The van der Waals surface area contributed by atoms with Gasteiger partial charge in [0.2, 0.25) is 5.91 Å². The molecule has 0 atom stereocenters. The van der Waals surface area contributed by atoms with Gasteiger partial charge in [0.1, 0.15) is 16.9 Å². The molecule has 1 aromatic carbocycles. The number of hydrogen-bond acceptors (Lipinski definition) is 6. The van der Waals surface area contributed by atoms with Crippen LogP contribution in [0.5, 0.6) is 0 Å². The molecule has 27 heavy (non-hydrogen) atoms. The maximum absolute atomic E-state index is 12.7. The van der Waals surface area contributed by atoms with E-state index in [1.807, 2.05) is 0 Å². The van der Waals surface area contributed by atoms with E-state index in [4.69, 9.17) is 4.42 Å². The van der Waals surface area contributed by atoms with Gasteiger partial charge in [0.15, 0.2) is 9.84 Å². The average molecular weight is 392 g/mol. The largest absolute Gasteiger partial charge is 0.422 e. The van der Waals surface area contributed by atoms with Crippen molar-refractivity contribution < 1.29 is 22.4 Å². The lowest BCUT2D eigenvalue weighted by atomic mass is 10.1. The van der Waals surface area contributed by atoms with Gasteiger partial charge in [0, 0.05) is 25.5 Å². The monoisotopic (exact) mass is 392 g/mol. The number of carbonyl (C=O) groups excluding carboxylic acids is 2. The molecule has 0 aliphatic carbocycles. The second kappa shape index (κ2) is 7.51. The summed E-state index contributed by atoms with van der Waals surface area (Å²) in [6.07, 6.45) is 0.452. The van der Waals surface area contributed by atoms with Crippen LogP contribution in [-0.2, 0) is 14.6 Å². The first-order chi connectivity index (χ1) is 12.8. The third-order valence-corrected chi connectivity index (χ3v) is 6.87. The molecule has 0 saturated carbocycles. The Morgan fingerprint density at radius 1 is 1.22 bits per heavy atom. The van der Waals surface area contributed by atoms with Gasteiger partial charge >= 0.3 is 5.63 Å². The van der Waals surface area contributed by atoms with Crippen LogP contribution < -0.4 is 10.9 Å². The number of hydrogen-bond donors (Lipinski definition) is 1. The smallest absolute Gasteiger partial charge is 0.349 e. The molecule has 2 amide bonds. The molecule has 1 aromatic heterocycles. The SMILES string of the molecule is CNC(=O)CS(=O)(=O)C1CCN(C(=O)c2cc3ccccc3oc2=O)CC1. The molecule has 0 radical (unpaired) electrons. The highest BCUT2D eigenvalue weighted by atomic mass is 32.2. The molecule has 0 spiro atoms. The Bertz CT molecular complexity index is 1040. The molecule has 1 aliphatic heterocycles. The van der Waals surface area contributed by atoms with Gasteiger partial charge in [0.05, 0.1) is 5.25 Å². The number of fused-ring (bicyclic) bond motifs is 1. The highest BCUT2D eigenvalue weighted by molar-refractivity contribution is 7.92. The van der Waals surface area contributed by atoms with E-state index in [9.17, 15) is 22.8 Å². The minimum Gasteiger partial charge on any atom is -0.422 e. The Hall–Kier alpha value is -2.68. The third-order valence-electron chi connectivity index (χ3n) is 4.72. The number of nitrogens with one attached hydrogen (secondary N) is 1. The fourth-order valence-electron chi connectivity index (χ4n) is 3.17. The van der Waals surface area contributed by atoms with Crippen LogP contribution in [0, 0.1) is 0 Å². The van der Waals surface area contributed by atoms with Gasteiger partial charge in [-0.2, -0.15) is 0 Å². The van der Waals surface area contributed by atoms with Crippen LogP contribution >= 0.6 is 0 Å². The minimum absolute atomic E-state index is 0.0691. The van der Waals surface area contributed by atoms with Crippen molar-refractivity contribution in [2.45, 2.75) is 18.1 Å². The van der Waals surface area contributed by atoms with Crippen LogP contribution in [0.15, 0.2) is 39.5 Å². The molecule has 0 bridgehead atoms. The first kappa shape index (κ1) is 19.1. The molecular weight excluding hydrogens is 372 g/mol. The summed E-state index contributed by atoms with van der Waals surface area (Å²) in [6, 6.07) is 8.40. The number of likely N-dealkylation sites (tertiary alicyclic amines) is 1. The first-order valence-electron chi connectivity index (χ1n) is 8.56. The fourth-order valence-corrected chi connectivity index (χ4v) is 4.85. The lowest BCUT2D eigenvalue weighted by Crippen LogP contribution is -2.45. The molecule has 1 N–H and O–H groups in total. The van der Waals surface area contributed by atoms with E-state index >= 15 is 0 Å². The van der Waals surface area contributed by atoms with E-state index in [2.05, 4.69) is 5.32 Å². The van der Waals surface area contributed by atoms with E-state index in [-0.39, 0.29) is 31.5 Å². The van der Waals surface area contributed by atoms with Gasteiger partial charge in [-0.15, -0.1) is 0 Å². The molecule has 8 nitrogen and oxygen atoms in total. The molecule has 144 valence electrons.